The van der Waals surface area contributed by atoms with Crippen LogP contribution in [0, 0.1) is 5.92 Å². The van der Waals surface area contributed by atoms with E-state index < -0.39 is 0 Å². The molecule has 0 aliphatic heterocycles. The van der Waals surface area contributed by atoms with Gasteiger partial charge in [-0.2, -0.15) is 0 Å². The largest absolute Gasteiger partial charge is 0.491 e. The van der Waals surface area contributed by atoms with Gasteiger partial charge in [-0.1, -0.05) is 32.6 Å². The van der Waals surface area contributed by atoms with Gasteiger partial charge in [-0.15, -0.1) is 0 Å². The minimum Gasteiger partial charge on any atom is -0.491 e. The molecule has 0 fully saturated rings. The van der Waals surface area contributed by atoms with E-state index in [1.54, 1.807) is 6.08 Å². The molecule has 0 saturated carbocycles. The van der Waals surface area contributed by atoms with Crippen LogP contribution in [0.3, 0.4) is 0 Å². The average Bonchev–Trinajstić information content (AvgIpc) is 2.17. The molecule has 0 aliphatic rings. The second-order valence-electron chi connectivity index (χ2n) is 3.25. The molecule has 2 nitrogen and oxygen atoms in total. The number of hydrogen-bond donors (Lipinski definition) is 1. The highest BCUT2D eigenvalue weighted by atomic mass is 16.5. The van der Waals surface area contributed by atoms with E-state index in [0.717, 1.165) is 11.3 Å². The van der Waals surface area contributed by atoms with Gasteiger partial charge in [0.25, 0.3) is 0 Å². The Labute approximate surface area is 86.6 Å². The van der Waals surface area contributed by atoms with Gasteiger partial charge in [-0.25, -0.2) is 0 Å². The molecule has 0 aromatic carbocycles. The van der Waals surface area contributed by atoms with E-state index in [2.05, 4.69) is 20.4 Å². The predicted octanol–water partition coefficient (Wildman–Crippen LogP) is 2.67. The van der Waals surface area contributed by atoms with Gasteiger partial charge in [0.05, 0.1) is 6.61 Å². The van der Waals surface area contributed by atoms with Crippen LogP contribution in [0.4, 0.5) is 0 Å². The summed E-state index contributed by atoms with van der Waals surface area (Å²) in [6, 6.07) is 0. The number of ether oxygens (including phenoxy) is 1. The molecule has 0 bridgehead atoms. The van der Waals surface area contributed by atoms with Crippen LogP contribution in [0.25, 0.3) is 0 Å². The van der Waals surface area contributed by atoms with Gasteiger partial charge in [-0.3, -0.25) is 0 Å². The minimum absolute atomic E-state index is 0.0263. The van der Waals surface area contributed by atoms with Crippen molar-refractivity contribution in [2.45, 2.75) is 20.8 Å². The fourth-order valence-electron chi connectivity index (χ4n) is 1.15. The first-order valence-corrected chi connectivity index (χ1v) is 4.90. The molecule has 0 spiro atoms. The second-order valence-corrected chi connectivity index (χ2v) is 3.25. The summed E-state index contributed by atoms with van der Waals surface area (Å²) in [7, 11) is 0. The van der Waals surface area contributed by atoms with Crippen molar-refractivity contribution in [2.75, 3.05) is 13.2 Å². The molecule has 0 saturated heterocycles. The van der Waals surface area contributed by atoms with Crippen molar-refractivity contribution in [3.63, 3.8) is 0 Å². The molecule has 0 amide bonds. The fraction of sp³-hybridized carbons (Fsp3) is 0.500. The van der Waals surface area contributed by atoms with Crippen LogP contribution in [-0.4, -0.2) is 18.3 Å². The molecule has 0 heterocycles. The zero-order chi connectivity index (χ0) is 11.0. The van der Waals surface area contributed by atoms with E-state index in [-0.39, 0.29) is 6.61 Å². The molecular formula is C12H20O2. The Balaban J connectivity index is 4.78. The average molecular weight is 196 g/mol. The molecule has 80 valence electrons. The molecule has 14 heavy (non-hydrogen) atoms. The summed E-state index contributed by atoms with van der Waals surface area (Å²) < 4.78 is 5.38. The summed E-state index contributed by atoms with van der Waals surface area (Å²) in [6.07, 6.45) is 5.67. The van der Waals surface area contributed by atoms with Crippen LogP contribution in [0.2, 0.25) is 0 Å². The highest BCUT2D eigenvalue weighted by molar-refractivity contribution is 5.29. The van der Waals surface area contributed by atoms with Crippen molar-refractivity contribution in [3.05, 3.63) is 36.1 Å². The van der Waals surface area contributed by atoms with Gasteiger partial charge < -0.3 is 9.84 Å². The lowest BCUT2D eigenvalue weighted by Crippen LogP contribution is -2.03. The lowest BCUT2D eigenvalue weighted by atomic mass is 10.0. The van der Waals surface area contributed by atoms with Crippen molar-refractivity contribution >= 4 is 0 Å². The Morgan fingerprint density at radius 2 is 2.14 bits per heavy atom. The first kappa shape index (κ1) is 13.0. The Kier molecular flexibility index (Phi) is 6.85. The summed E-state index contributed by atoms with van der Waals surface area (Å²) in [4.78, 5) is 0. The number of hydrogen-bond acceptors (Lipinski definition) is 2. The summed E-state index contributed by atoms with van der Waals surface area (Å²) >= 11 is 0. The molecule has 0 unspecified atom stereocenters. The number of allylic oxidation sites excluding steroid dienone is 4. The first-order chi connectivity index (χ1) is 6.67. The van der Waals surface area contributed by atoms with E-state index in [1.165, 1.54) is 0 Å². The van der Waals surface area contributed by atoms with Gasteiger partial charge >= 0.3 is 0 Å². The highest BCUT2D eigenvalue weighted by Crippen LogP contribution is 2.18. The summed E-state index contributed by atoms with van der Waals surface area (Å²) in [5.74, 6) is 1.14. The fourth-order valence-corrected chi connectivity index (χ4v) is 1.15. The molecular weight excluding hydrogens is 176 g/mol. The van der Waals surface area contributed by atoms with Gasteiger partial charge in [0, 0.05) is 0 Å². The Morgan fingerprint density at radius 3 is 2.50 bits per heavy atom. The highest BCUT2D eigenvalue weighted by Gasteiger charge is 2.06. The minimum atomic E-state index is 0.0263. The van der Waals surface area contributed by atoms with E-state index in [9.17, 15) is 0 Å². The second kappa shape index (κ2) is 7.39. The molecule has 0 aromatic rings. The molecule has 0 aromatic heterocycles. The first-order valence-electron chi connectivity index (χ1n) is 4.90. The van der Waals surface area contributed by atoms with Crippen LogP contribution in [0.1, 0.15) is 20.8 Å². The number of aliphatic hydroxyl groups is 1. The predicted molar refractivity (Wildman–Crippen MR) is 59.9 cm³/mol. The monoisotopic (exact) mass is 196 g/mol. The third-order valence-electron chi connectivity index (χ3n) is 1.79. The van der Waals surface area contributed by atoms with Crippen molar-refractivity contribution in [2.24, 2.45) is 5.92 Å². The van der Waals surface area contributed by atoms with Crippen molar-refractivity contribution in [3.8, 4) is 0 Å². The topological polar surface area (TPSA) is 29.5 Å². The van der Waals surface area contributed by atoms with Crippen LogP contribution in [0.5, 0.6) is 0 Å². The third kappa shape index (κ3) is 4.28. The maximum atomic E-state index is 8.66. The van der Waals surface area contributed by atoms with Crippen molar-refractivity contribution < 1.29 is 9.84 Å². The van der Waals surface area contributed by atoms with E-state index >= 15 is 0 Å². The molecule has 0 rings (SSSR count). The van der Waals surface area contributed by atoms with Crippen LogP contribution in [-0.2, 0) is 4.74 Å². The van der Waals surface area contributed by atoms with Crippen LogP contribution >= 0.6 is 0 Å². The lowest BCUT2D eigenvalue weighted by molar-refractivity contribution is 0.150. The zero-order valence-corrected chi connectivity index (χ0v) is 9.29. The van der Waals surface area contributed by atoms with Crippen molar-refractivity contribution in [1.29, 1.82) is 0 Å². The Morgan fingerprint density at radius 1 is 1.50 bits per heavy atom. The van der Waals surface area contributed by atoms with Gasteiger partial charge in [-0.05, 0) is 24.5 Å². The summed E-state index contributed by atoms with van der Waals surface area (Å²) in [5, 5.41) is 8.66. The Hall–Kier alpha value is -1.02. The number of rotatable bonds is 6. The molecule has 0 aliphatic carbocycles. The van der Waals surface area contributed by atoms with Crippen LogP contribution in [0.15, 0.2) is 36.1 Å². The standard InChI is InChI=1S/C12H20O2/c1-5-7-11(10(3)4)12(6-2)14-9-8-13/h5-7,10,13H,2,8-9H2,1,3-4H3/b7-5-,12-11-. The van der Waals surface area contributed by atoms with Gasteiger partial charge in [0.2, 0.25) is 0 Å². The molecule has 2 heteroatoms. The maximum Gasteiger partial charge on any atom is 0.122 e. The van der Waals surface area contributed by atoms with E-state index in [0.29, 0.717) is 12.5 Å². The quantitative estimate of drug-likeness (QED) is 0.523. The molecule has 0 radical (unpaired) electrons. The maximum absolute atomic E-state index is 8.66. The summed E-state index contributed by atoms with van der Waals surface area (Å²) in [5.41, 5.74) is 1.11. The lowest BCUT2D eigenvalue weighted by Gasteiger charge is -2.13. The van der Waals surface area contributed by atoms with Gasteiger partial charge in [0.15, 0.2) is 0 Å². The molecule has 1 N–H and O–H groups in total. The van der Waals surface area contributed by atoms with Crippen LogP contribution < -0.4 is 0 Å². The summed E-state index contributed by atoms with van der Waals surface area (Å²) in [6.45, 7) is 10.2. The Bertz CT molecular complexity index is 224. The zero-order valence-electron chi connectivity index (χ0n) is 9.29. The number of aliphatic hydroxyl groups excluding tert-OH is 1. The third-order valence-corrected chi connectivity index (χ3v) is 1.79. The molecule has 0 atom stereocenters. The van der Waals surface area contributed by atoms with E-state index in [4.69, 9.17) is 9.84 Å². The van der Waals surface area contributed by atoms with E-state index in [1.807, 2.05) is 19.1 Å². The van der Waals surface area contributed by atoms with Crippen molar-refractivity contribution in [1.82, 2.24) is 0 Å². The SMILES string of the molecule is C=C/C(OCCO)=C(\C=C/C)C(C)C. The normalized spacial score (nSPS) is 13.2. The van der Waals surface area contributed by atoms with Gasteiger partial charge in [0.1, 0.15) is 12.4 Å². The smallest absolute Gasteiger partial charge is 0.122 e.